The van der Waals surface area contributed by atoms with Crippen molar-refractivity contribution >= 4 is 6.03 Å². The summed E-state index contributed by atoms with van der Waals surface area (Å²) in [5, 5.41) is 5.37. The molecule has 24 heavy (non-hydrogen) atoms. The SMILES string of the molecule is O=C(NCCCOc1ccc(F)cc1)NCCc1ccccc1F. The minimum Gasteiger partial charge on any atom is -0.494 e. The number of halogens is 2. The second kappa shape index (κ2) is 9.50. The Hall–Kier alpha value is -2.63. The molecule has 2 amide bonds. The van der Waals surface area contributed by atoms with Gasteiger partial charge in [-0.1, -0.05) is 18.2 Å². The van der Waals surface area contributed by atoms with E-state index in [0.717, 1.165) is 0 Å². The predicted molar refractivity (Wildman–Crippen MR) is 88.0 cm³/mol. The number of carbonyl (C=O) groups excluding carboxylic acids is 1. The minimum absolute atomic E-state index is 0.266. The van der Waals surface area contributed by atoms with E-state index in [9.17, 15) is 13.6 Å². The number of hydrogen-bond acceptors (Lipinski definition) is 2. The van der Waals surface area contributed by atoms with E-state index in [1.165, 1.54) is 18.2 Å². The summed E-state index contributed by atoms with van der Waals surface area (Å²) in [5.41, 5.74) is 0.575. The van der Waals surface area contributed by atoms with Gasteiger partial charge >= 0.3 is 6.03 Å². The normalized spacial score (nSPS) is 10.2. The molecule has 2 aromatic rings. The van der Waals surface area contributed by atoms with Crippen molar-refractivity contribution in [2.75, 3.05) is 19.7 Å². The fraction of sp³-hybridized carbons (Fsp3) is 0.278. The molecule has 0 atom stereocenters. The maximum atomic E-state index is 13.4. The van der Waals surface area contributed by atoms with Crippen LogP contribution in [-0.4, -0.2) is 25.7 Å². The summed E-state index contributed by atoms with van der Waals surface area (Å²) in [6, 6.07) is 12.0. The topological polar surface area (TPSA) is 50.4 Å². The number of carbonyl (C=O) groups is 1. The number of hydrogen-bond donors (Lipinski definition) is 2. The quantitative estimate of drug-likeness (QED) is 0.728. The van der Waals surface area contributed by atoms with Gasteiger partial charge in [0.05, 0.1) is 6.61 Å². The largest absolute Gasteiger partial charge is 0.494 e. The molecule has 4 nitrogen and oxygen atoms in total. The zero-order valence-electron chi connectivity index (χ0n) is 13.2. The lowest BCUT2D eigenvalue weighted by atomic mass is 10.1. The third kappa shape index (κ3) is 6.24. The molecule has 2 rings (SSSR count). The molecule has 0 aromatic heterocycles. The maximum absolute atomic E-state index is 13.4. The molecular formula is C18H20F2N2O2. The van der Waals surface area contributed by atoms with Gasteiger partial charge < -0.3 is 15.4 Å². The van der Waals surface area contributed by atoms with E-state index in [2.05, 4.69) is 10.6 Å². The van der Waals surface area contributed by atoms with Crippen molar-refractivity contribution in [1.29, 1.82) is 0 Å². The van der Waals surface area contributed by atoms with Crippen LogP contribution in [0.1, 0.15) is 12.0 Å². The summed E-state index contributed by atoms with van der Waals surface area (Å²) >= 11 is 0. The van der Waals surface area contributed by atoms with Crippen molar-refractivity contribution in [2.24, 2.45) is 0 Å². The van der Waals surface area contributed by atoms with Crippen molar-refractivity contribution < 1.29 is 18.3 Å². The fourth-order valence-corrected chi connectivity index (χ4v) is 2.07. The summed E-state index contributed by atoms with van der Waals surface area (Å²) in [6.07, 6.45) is 1.06. The van der Waals surface area contributed by atoms with E-state index in [1.807, 2.05) is 0 Å². The van der Waals surface area contributed by atoms with Crippen molar-refractivity contribution in [3.05, 3.63) is 65.7 Å². The first-order valence-electron chi connectivity index (χ1n) is 7.78. The van der Waals surface area contributed by atoms with Crippen molar-refractivity contribution in [1.82, 2.24) is 10.6 Å². The number of urea groups is 1. The molecule has 0 heterocycles. The summed E-state index contributed by atoms with van der Waals surface area (Å²) in [6.45, 7) is 1.23. The molecule has 0 radical (unpaired) electrons. The molecule has 0 aliphatic carbocycles. The highest BCUT2D eigenvalue weighted by Crippen LogP contribution is 2.11. The van der Waals surface area contributed by atoms with Crippen LogP contribution in [0.4, 0.5) is 13.6 Å². The summed E-state index contributed by atoms with van der Waals surface area (Å²) < 4.78 is 31.5. The van der Waals surface area contributed by atoms with Crippen LogP contribution >= 0.6 is 0 Å². The monoisotopic (exact) mass is 334 g/mol. The zero-order valence-corrected chi connectivity index (χ0v) is 13.2. The van der Waals surface area contributed by atoms with Gasteiger partial charge in [0.1, 0.15) is 17.4 Å². The molecule has 0 bridgehead atoms. The number of benzene rings is 2. The van der Waals surface area contributed by atoms with Crippen molar-refractivity contribution in [3.8, 4) is 5.75 Å². The number of nitrogens with one attached hydrogen (secondary N) is 2. The lowest BCUT2D eigenvalue weighted by molar-refractivity contribution is 0.239. The fourth-order valence-electron chi connectivity index (χ4n) is 2.07. The first-order chi connectivity index (χ1) is 11.6. The third-order valence-electron chi connectivity index (χ3n) is 3.33. The van der Waals surface area contributed by atoms with Gasteiger partial charge in [-0.2, -0.15) is 0 Å². The Kier molecular flexibility index (Phi) is 7.01. The summed E-state index contributed by atoms with van der Waals surface area (Å²) in [4.78, 5) is 11.6. The van der Waals surface area contributed by atoms with Gasteiger partial charge in [-0.3, -0.25) is 0 Å². The standard InChI is InChI=1S/C18H20F2N2O2/c19-15-6-8-16(9-7-15)24-13-3-11-21-18(23)22-12-10-14-4-1-2-5-17(14)20/h1-2,4-9H,3,10-13H2,(H2,21,22,23). The van der Waals surface area contributed by atoms with E-state index in [0.29, 0.717) is 43.9 Å². The van der Waals surface area contributed by atoms with Crippen molar-refractivity contribution in [2.45, 2.75) is 12.8 Å². The molecule has 0 aliphatic heterocycles. The first kappa shape index (κ1) is 17.7. The minimum atomic E-state index is -0.309. The van der Waals surface area contributed by atoms with Gasteiger partial charge in [0.25, 0.3) is 0 Å². The second-order valence-corrected chi connectivity index (χ2v) is 5.18. The number of rotatable bonds is 8. The van der Waals surface area contributed by atoms with E-state index < -0.39 is 0 Å². The van der Waals surface area contributed by atoms with Crippen LogP contribution in [0, 0.1) is 11.6 Å². The Morgan fingerprint density at radius 1 is 0.958 bits per heavy atom. The van der Waals surface area contributed by atoms with Crippen LogP contribution in [0.3, 0.4) is 0 Å². The van der Waals surface area contributed by atoms with E-state index in [1.54, 1.807) is 30.3 Å². The molecule has 0 aliphatic rings. The van der Waals surface area contributed by atoms with Gasteiger partial charge in [0.15, 0.2) is 0 Å². The Balaban J connectivity index is 1.53. The van der Waals surface area contributed by atoms with E-state index in [4.69, 9.17) is 4.74 Å². The maximum Gasteiger partial charge on any atom is 0.314 e. The van der Waals surface area contributed by atoms with Crippen molar-refractivity contribution in [3.63, 3.8) is 0 Å². The highest BCUT2D eigenvalue weighted by atomic mass is 19.1. The molecule has 2 N–H and O–H groups in total. The van der Waals surface area contributed by atoms with Gasteiger partial charge in [0.2, 0.25) is 0 Å². The lowest BCUT2D eigenvalue weighted by Crippen LogP contribution is -2.37. The molecule has 0 saturated heterocycles. The lowest BCUT2D eigenvalue weighted by Gasteiger charge is -2.09. The Morgan fingerprint density at radius 2 is 1.67 bits per heavy atom. The Bertz CT molecular complexity index is 648. The molecular weight excluding hydrogens is 314 g/mol. The van der Waals surface area contributed by atoms with Gasteiger partial charge in [-0.05, 0) is 48.7 Å². The first-order valence-corrected chi connectivity index (χ1v) is 7.78. The summed E-state index contributed by atoms with van der Waals surface area (Å²) in [5.74, 6) is 0.0134. The Labute approximate surface area is 139 Å². The Morgan fingerprint density at radius 3 is 2.42 bits per heavy atom. The molecule has 6 heteroatoms. The van der Waals surface area contributed by atoms with Crippen LogP contribution in [0.25, 0.3) is 0 Å². The van der Waals surface area contributed by atoms with Gasteiger partial charge in [-0.15, -0.1) is 0 Å². The van der Waals surface area contributed by atoms with E-state index in [-0.39, 0.29) is 17.7 Å². The third-order valence-corrected chi connectivity index (χ3v) is 3.33. The van der Waals surface area contributed by atoms with Crippen LogP contribution in [0.5, 0.6) is 5.75 Å². The molecule has 0 saturated carbocycles. The molecule has 128 valence electrons. The average molecular weight is 334 g/mol. The molecule has 0 fully saturated rings. The molecule has 0 spiro atoms. The average Bonchev–Trinajstić information content (AvgIpc) is 2.58. The molecule has 2 aromatic carbocycles. The highest BCUT2D eigenvalue weighted by molar-refractivity contribution is 5.73. The van der Waals surface area contributed by atoms with Crippen LogP contribution < -0.4 is 15.4 Å². The van der Waals surface area contributed by atoms with Crippen LogP contribution in [0.2, 0.25) is 0 Å². The summed E-state index contributed by atoms with van der Waals surface area (Å²) in [7, 11) is 0. The number of ether oxygens (including phenoxy) is 1. The smallest absolute Gasteiger partial charge is 0.314 e. The van der Waals surface area contributed by atoms with Crippen LogP contribution in [-0.2, 0) is 6.42 Å². The van der Waals surface area contributed by atoms with Crippen LogP contribution in [0.15, 0.2) is 48.5 Å². The zero-order chi connectivity index (χ0) is 17.2. The van der Waals surface area contributed by atoms with Gasteiger partial charge in [-0.25, -0.2) is 13.6 Å². The molecule has 0 unspecified atom stereocenters. The van der Waals surface area contributed by atoms with Gasteiger partial charge in [0, 0.05) is 13.1 Å². The highest BCUT2D eigenvalue weighted by Gasteiger charge is 2.03. The number of amides is 2. The predicted octanol–water partition coefficient (Wildman–Crippen LogP) is 3.28. The second-order valence-electron chi connectivity index (χ2n) is 5.18. The van der Waals surface area contributed by atoms with E-state index >= 15 is 0 Å².